The molecule has 2 aromatic rings. The number of anilines is 1. The Morgan fingerprint density at radius 1 is 1.16 bits per heavy atom. The van der Waals surface area contributed by atoms with Gasteiger partial charge in [-0.05, 0) is 59.1 Å². The highest BCUT2D eigenvalue weighted by atomic mass is 79.9. The zero-order chi connectivity index (χ0) is 14.0. The van der Waals surface area contributed by atoms with Crippen LogP contribution in [0.5, 0.6) is 0 Å². The summed E-state index contributed by atoms with van der Waals surface area (Å²) in [4.78, 5) is 12.2. The number of carbonyl (C=O) groups is 1. The zero-order valence-electron chi connectivity index (χ0n) is 10.6. The van der Waals surface area contributed by atoms with Crippen molar-refractivity contribution in [2.75, 3.05) is 5.32 Å². The fourth-order valence-corrected chi connectivity index (χ4v) is 2.32. The first kappa shape index (κ1) is 14.1. The van der Waals surface area contributed by atoms with Gasteiger partial charge in [0.2, 0.25) is 0 Å². The summed E-state index contributed by atoms with van der Waals surface area (Å²) >= 11 is 9.47. The molecule has 19 heavy (non-hydrogen) atoms. The first-order valence-corrected chi connectivity index (χ1v) is 6.99. The van der Waals surface area contributed by atoms with Gasteiger partial charge in [0.1, 0.15) is 0 Å². The van der Waals surface area contributed by atoms with Crippen LogP contribution in [0.1, 0.15) is 21.5 Å². The van der Waals surface area contributed by atoms with E-state index in [1.807, 2.05) is 38.1 Å². The van der Waals surface area contributed by atoms with E-state index in [0.29, 0.717) is 16.3 Å². The van der Waals surface area contributed by atoms with E-state index in [1.165, 1.54) is 0 Å². The van der Waals surface area contributed by atoms with Crippen molar-refractivity contribution in [3.8, 4) is 0 Å². The van der Waals surface area contributed by atoms with Gasteiger partial charge in [-0.25, -0.2) is 0 Å². The van der Waals surface area contributed by atoms with Gasteiger partial charge < -0.3 is 5.32 Å². The second-order valence-electron chi connectivity index (χ2n) is 4.35. The fourth-order valence-electron chi connectivity index (χ4n) is 1.69. The molecule has 0 fully saturated rings. The first-order chi connectivity index (χ1) is 8.99. The second kappa shape index (κ2) is 5.76. The van der Waals surface area contributed by atoms with Crippen LogP contribution >= 0.6 is 27.5 Å². The number of carbonyl (C=O) groups excluding carboxylic acids is 1. The molecular formula is C15H13BrClNO. The molecular weight excluding hydrogens is 326 g/mol. The highest BCUT2D eigenvalue weighted by Gasteiger charge is 2.11. The van der Waals surface area contributed by atoms with Crippen LogP contribution in [-0.2, 0) is 0 Å². The third-order valence-corrected chi connectivity index (χ3v) is 4.33. The van der Waals surface area contributed by atoms with Gasteiger partial charge in [0.15, 0.2) is 0 Å². The van der Waals surface area contributed by atoms with Gasteiger partial charge in [-0.3, -0.25) is 4.79 Å². The van der Waals surface area contributed by atoms with Crippen LogP contribution in [0.15, 0.2) is 40.9 Å². The van der Waals surface area contributed by atoms with Gasteiger partial charge >= 0.3 is 0 Å². The molecule has 1 N–H and O–H groups in total. The Balaban J connectivity index is 2.26. The zero-order valence-corrected chi connectivity index (χ0v) is 13.0. The molecule has 2 rings (SSSR count). The standard InChI is InChI=1S/C15H13BrClNO/c1-9-6-7-11(8-13(9)17)18-15(19)12-5-3-4-10(2)14(12)16/h3-8H,1-2H3,(H,18,19). The van der Waals surface area contributed by atoms with Gasteiger partial charge in [-0.2, -0.15) is 0 Å². The summed E-state index contributed by atoms with van der Waals surface area (Å²) < 4.78 is 0.811. The third kappa shape index (κ3) is 3.17. The average molecular weight is 339 g/mol. The Labute approximate surface area is 125 Å². The molecule has 1 amide bonds. The number of hydrogen-bond donors (Lipinski definition) is 1. The summed E-state index contributed by atoms with van der Waals surface area (Å²) in [6, 6.07) is 11.0. The second-order valence-corrected chi connectivity index (χ2v) is 5.55. The van der Waals surface area contributed by atoms with Crippen molar-refractivity contribution in [3.63, 3.8) is 0 Å². The van der Waals surface area contributed by atoms with E-state index < -0.39 is 0 Å². The molecule has 0 aromatic heterocycles. The molecule has 0 saturated carbocycles. The molecule has 0 aliphatic heterocycles. The van der Waals surface area contributed by atoms with Crippen molar-refractivity contribution < 1.29 is 4.79 Å². The summed E-state index contributed by atoms with van der Waals surface area (Å²) in [5, 5.41) is 3.48. The van der Waals surface area contributed by atoms with Gasteiger partial charge in [-0.15, -0.1) is 0 Å². The van der Waals surface area contributed by atoms with Crippen LogP contribution in [0.2, 0.25) is 5.02 Å². The predicted molar refractivity (Wildman–Crippen MR) is 83.0 cm³/mol. The van der Waals surface area contributed by atoms with Gasteiger partial charge in [-0.1, -0.05) is 29.8 Å². The van der Waals surface area contributed by atoms with E-state index in [-0.39, 0.29) is 5.91 Å². The topological polar surface area (TPSA) is 29.1 Å². The van der Waals surface area contributed by atoms with Crippen LogP contribution in [-0.4, -0.2) is 5.91 Å². The van der Waals surface area contributed by atoms with Crippen molar-refractivity contribution in [2.45, 2.75) is 13.8 Å². The minimum absolute atomic E-state index is 0.157. The Kier molecular flexibility index (Phi) is 4.27. The number of aryl methyl sites for hydroxylation is 2. The number of hydrogen-bond acceptors (Lipinski definition) is 1. The number of benzene rings is 2. The van der Waals surface area contributed by atoms with Gasteiger partial charge in [0.25, 0.3) is 5.91 Å². The minimum Gasteiger partial charge on any atom is -0.322 e. The summed E-state index contributed by atoms with van der Waals surface area (Å²) in [6.07, 6.45) is 0. The summed E-state index contributed by atoms with van der Waals surface area (Å²) in [7, 11) is 0. The molecule has 0 aliphatic rings. The lowest BCUT2D eigenvalue weighted by atomic mass is 10.1. The highest BCUT2D eigenvalue weighted by molar-refractivity contribution is 9.10. The minimum atomic E-state index is -0.157. The maximum absolute atomic E-state index is 12.2. The lowest BCUT2D eigenvalue weighted by molar-refractivity contribution is 0.102. The van der Waals surface area contributed by atoms with Gasteiger partial charge in [0.05, 0.1) is 5.56 Å². The van der Waals surface area contributed by atoms with Crippen LogP contribution in [0, 0.1) is 13.8 Å². The van der Waals surface area contributed by atoms with E-state index in [2.05, 4.69) is 21.2 Å². The maximum atomic E-state index is 12.2. The predicted octanol–water partition coefficient (Wildman–Crippen LogP) is 4.97. The van der Waals surface area contributed by atoms with E-state index >= 15 is 0 Å². The maximum Gasteiger partial charge on any atom is 0.256 e. The molecule has 0 heterocycles. The number of amides is 1. The van der Waals surface area contributed by atoms with Crippen molar-refractivity contribution in [1.29, 1.82) is 0 Å². The molecule has 0 radical (unpaired) electrons. The normalized spacial score (nSPS) is 10.3. The van der Waals surface area contributed by atoms with E-state index in [4.69, 9.17) is 11.6 Å². The first-order valence-electron chi connectivity index (χ1n) is 5.81. The SMILES string of the molecule is Cc1ccc(NC(=O)c2cccc(C)c2Br)cc1Cl. The van der Waals surface area contributed by atoms with Gasteiger partial charge in [0, 0.05) is 15.2 Å². The van der Waals surface area contributed by atoms with E-state index in [0.717, 1.165) is 15.6 Å². The largest absolute Gasteiger partial charge is 0.322 e. The average Bonchev–Trinajstić information content (AvgIpc) is 2.37. The molecule has 0 atom stereocenters. The Morgan fingerprint density at radius 3 is 2.58 bits per heavy atom. The Morgan fingerprint density at radius 2 is 1.89 bits per heavy atom. The third-order valence-electron chi connectivity index (χ3n) is 2.87. The molecule has 4 heteroatoms. The molecule has 0 unspecified atom stereocenters. The monoisotopic (exact) mass is 337 g/mol. The lowest BCUT2D eigenvalue weighted by Gasteiger charge is -2.09. The number of nitrogens with one attached hydrogen (secondary N) is 1. The lowest BCUT2D eigenvalue weighted by Crippen LogP contribution is -2.13. The number of rotatable bonds is 2. The number of halogens is 2. The quantitative estimate of drug-likeness (QED) is 0.823. The van der Waals surface area contributed by atoms with Crippen LogP contribution in [0.4, 0.5) is 5.69 Å². The van der Waals surface area contributed by atoms with Crippen LogP contribution in [0.25, 0.3) is 0 Å². The fraction of sp³-hybridized carbons (Fsp3) is 0.133. The van der Waals surface area contributed by atoms with Crippen molar-refractivity contribution >= 4 is 39.1 Å². The molecule has 98 valence electrons. The molecule has 2 aromatic carbocycles. The smallest absolute Gasteiger partial charge is 0.256 e. The van der Waals surface area contributed by atoms with E-state index in [1.54, 1.807) is 12.1 Å². The van der Waals surface area contributed by atoms with Crippen LogP contribution < -0.4 is 5.32 Å². The summed E-state index contributed by atoms with van der Waals surface area (Å²) in [6.45, 7) is 3.87. The Bertz CT molecular complexity index is 640. The molecule has 0 aliphatic carbocycles. The molecule has 0 bridgehead atoms. The summed E-state index contributed by atoms with van der Waals surface area (Å²) in [5.41, 5.74) is 3.30. The van der Waals surface area contributed by atoms with Crippen molar-refractivity contribution in [2.24, 2.45) is 0 Å². The molecule has 0 spiro atoms. The Hall–Kier alpha value is -1.32. The van der Waals surface area contributed by atoms with Crippen molar-refractivity contribution in [1.82, 2.24) is 0 Å². The van der Waals surface area contributed by atoms with Crippen LogP contribution in [0.3, 0.4) is 0 Å². The summed E-state index contributed by atoms with van der Waals surface area (Å²) in [5.74, 6) is -0.157. The molecule has 0 saturated heterocycles. The van der Waals surface area contributed by atoms with Crippen molar-refractivity contribution in [3.05, 3.63) is 62.6 Å². The highest BCUT2D eigenvalue weighted by Crippen LogP contribution is 2.24. The van der Waals surface area contributed by atoms with E-state index in [9.17, 15) is 4.79 Å². The molecule has 2 nitrogen and oxygen atoms in total.